The topological polar surface area (TPSA) is 85.8 Å². The number of halogens is 3. The molecule has 26 heavy (non-hydrogen) atoms. The molecular weight excluding hydrogens is 351 g/mol. The molecule has 3 N–H and O–H groups in total. The quantitative estimate of drug-likeness (QED) is 0.746. The van der Waals surface area contributed by atoms with Gasteiger partial charge in [-0.05, 0) is 31.6 Å². The van der Waals surface area contributed by atoms with Crippen molar-refractivity contribution in [2.24, 2.45) is 4.99 Å². The van der Waals surface area contributed by atoms with Crippen LogP contribution in [0.15, 0.2) is 40.7 Å². The van der Waals surface area contributed by atoms with Gasteiger partial charge in [-0.2, -0.15) is 18.2 Å². The standard InChI is InChI=1S/C16H16F3N5O2/c1-8(2)13-22-15-21-12(25)7-11(24(15)23-13)14(26)20-10-6-4-3-5-9(10)16(17,18)19/h3-6,11,23H,7H2,1-2H3,(H,20,26)(H,21,22,25)/t11-/m1/s1. The van der Waals surface area contributed by atoms with Crippen LogP contribution in [0.3, 0.4) is 0 Å². The third-order valence-corrected chi connectivity index (χ3v) is 3.88. The number of anilines is 1. The Bertz CT molecular complexity index is 827. The molecule has 2 aliphatic heterocycles. The van der Waals surface area contributed by atoms with Gasteiger partial charge in [0.15, 0.2) is 0 Å². The zero-order valence-corrected chi connectivity index (χ0v) is 13.9. The van der Waals surface area contributed by atoms with Gasteiger partial charge in [-0.3, -0.25) is 20.3 Å². The molecule has 0 bridgehead atoms. The van der Waals surface area contributed by atoms with E-state index in [4.69, 9.17) is 0 Å². The molecule has 2 heterocycles. The van der Waals surface area contributed by atoms with Gasteiger partial charge in [-0.15, -0.1) is 0 Å². The Morgan fingerprint density at radius 2 is 2.00 bits per heavy atom. The van der Waals surface area contributed by atoms with Gasteiger partial charge in [-0.25, -0.2) is 5.01 Å². The number of rotatable bonds is 2. The van der Waals surface area contributed by atoms with E-state index in [1.807, 2.05) is 0 Å². The fourth-order valence-corrected chi connectivity index (χ4v) is 2.60. The second kappa shape index (κ2) is 6.36. The average molecular weight is 367 g/mol. The van der Waals surface area contributed by atoms with Gasteiger partial charge in [0.2, 0.25) is 17.8 Å². The lowest BCUT2D eigenvalue weighted by Gasteiger charge is -2.32. The molecule has 0 aromatic heterocycles. The maximum absolute atomic E-state index is 13.1. The van der Waals surface area contributed by atoms with Crippen LogP contribution in [0.1, 0.15) is 25.8 Å². The summed E-state index contributed by atoms with van der Waals surface area (Å²) in [5, 5.41) is 6.14. The first kappa shape index (κ1) is 17.8. The molecule has 0 radical (unpaired) electrons. The number of carbonyl (C=O) groups is 2. The Kier molecular flexibility index (Phi) is 4.34. The van der Waals surface area contributed by atoms with E-state index in [0.29, 0.717) is 5.82 Å². The van der Waals surface area contributed by atoms with Crippen LogP contribution < -0.4 is 16.1 Å². The number of benzene rings is 1. The van der Waals surface area contributed by atoms with Crippen molar-refractivity contribution in [2.45, 2.75) is 32.5 Å². The summed E-state index contributed by atoms with van der Waals surface area (Å²) < 4.78 is 39.3. The maximum atomic E-state index is 13.1. The van der Waals surface area contributed by atoms with Gasteiger partial charge >= 0.3 is 6.18 Å². The third-order valence-electron chi connectivity index (χ3n) is 3.88. The van der Waals surface area contributed by atoms with E-state index < -0.39 is 29.6 Å². The minimum Gasteiger partial charge on any atom is -0.324 e. The van der Waals surface area contributed by atoms with Gasteiger partial charge in [0.1, 0.15) is 11.9 Å². The van der Waals surface area contributed by atoms with Crippen molar-refractivity contribution in [3.63, 3.8) is 0 Å². The van der Waals surface area contributed by atoms with Gasteiger partial charge in [0.05, 0.1) is 17.7 Å². The molecule has 0 unspecified atom stereocenters. The Balaban J connectivity index is 1.86. The zero-order valence-electron chi connectivity index (χ0n) is 13.9. The highest BCUT2D eigenvalue weighted by Gasteiger charge is 2.41. The second-order valence-corrected chi connectivity index (χ2v) is 6.07. The number of allylic oxidation sites excluding steroid dienone is 1. The van der Waals surface area contributed by atoms with Crippen molar-refractivity contribution in [3.8, 4) is 0 Å². The number of alkyl halides is 3. The monoisotopic (exact) mass is 367 g/mol. The number of aliphatic imine (C=N–C) groups is 1. The van der Waals surface area contributed by atoms with E-state index in [9.17, 15) is 22.8 Å². The molecule has 10 heteroatoms. The number of para-hydroxylation sites is 1. The number of carbonyl (C=O) groups excluding carboxylic acids is 2. The fourth-order valence-electron chi connectivity index (χ4n) is 2.60. The number of nitrogens with one attached hydrogen (secondary N) is 3. The molecule has 0 spiro atoms. The number of amides is 2. The predicted octanol–water partition coefficient (Wildman–Crippen LogP) is 1.96. The zero-order chi connectivity index (χ0) is 19.1. The van der Waals surface area contributed by atoms with E-state index >= 15 is 0 Å². The van der Waals surface area contributed by atoms with Crippen LogP contribution in [-0.2, 0) is 15.8 Å². The Morgan fingerprint density at radius 3 is 2.65 bits per heavy atom. The molecule has 0 aliphatic carbocycles. The molecule has 1 fully saturated rings. The number of hydrogen-bond acceptors (Lipinski definition) is 5. The van der Waals surface area contributed by atoms with Crippen LogP contribution in [0.5, 0.6) is 0 Å². The minimum atomic E-state index is -4.61. The number of hydrogen-bond donors (Lipinski definition) is 3. The van der Waals surface area contributed by atoms with E-state index in [2.05, 4.69) is 21.1 Å². The summed E-state index contributed by atoms with van der Waals surface area (Å²) in [4.78, 5) is 28.6. The second-order valence-electron chi connectivity index (χ2n) is 6.07. The largest absolute Gasteiger partial charge is 0.418 e. The molecule has 7 nitrogen and oxygen atoms in total. The molecule has 2 amide bonds. The van der Waals surface area contributed by atoms with Gasteiger partial charge < -0.3 is 5.32 Å². The highest BCUT2D eigenvalue weighted by atomic mass is 19.4. The predicted molar refractivity (Wildman–Crippen MR) is 87.4 cm³/mol. The summed E-state index contributed by atoms with van der Waals surface area (Å²) in [7, 11) is 0. The molecule has 1 aromatic rings. The summed E-state index contributed by atoms with van der Waals surface area (Å²) in [6, 6.07) is 3.63. The average Bonchev–Trinajstić information content (AvgIpc) is 2.97. The van der Waals surface area contributed by atoms with Crippen molar-refractivity contribution in [1.82, 2.24) is 15.8 Å². The van der Waals surface area contributed by atoms with E-state index in [0.717, 1.165) is 17.7 Å². The van der Waals surface area contributed by atoms with Crippen molar-refractivity contribution in [2.75, 3.05) is 5.32 Å². The van der Waals surface area contributed by atoms with Crippen molar-refractivity contribution in [3.05, 3.63) is 41.2 Å². The Labute approximate surface area is 146 Å². The summed E-state index contributed by atoms with van der Waals surface area (Å²) in [5.41, 5.74) is 2.39. The van der Waals surface area contributed by atoms with E-state index in [1.54, 1.807) is 13.8 Å². The molecule has 3 rings (SSSR count). The first-order chi connectivity index (χ1) is 12.2. The highest BCUT2D eigenvalue weighted by molar-refractivity contribution is 6.07. The number of guanidine groups is 1. The lowest BCUT2D eigenvalue weighted by atomic mass is 10.1. The SMILES string of the molecule is CC(C)=C1N=C2NC(=O)C[C@H](C(=O)Nc3ccccc3C(F)(F)F)N2N1. The Morgan fingerprint density at radius 1 is 1.31 bits per heavy atom. The normalized spacial score (nSPS) is 19.3. The third kappa shape index (κ3) is 3.35. The van der Waals surface area contributed by atoms with Crippen molar-refractivity contribution in [1.29, 1.82) is 0 Å². The molecule has 0 saturated carbocycles. The summed E-state index contributed by atoms with van der Waals surface area (Å²) in [5.74, 6) is -0.579. The van der Waals surface area contributed by atoms with Crippen LogP contribution in [0, 0.1) is 0 Å². The molecule has 1 aromatic carbocycles. The number of hydrazine groups is 1. The molecule has 1 saturated heterocycles. The molecule has 138 valence electrons. The van der Waals surface area contributed by atoms with Crippen LogP contribution in [0.25, 0.3) is 0 Å². The Hall–Kier alpha value is -3.04. The fraction of sp³-hybridized carbons (Fsp3) is 0.312. The number of fused-ring (bicyclic) bond motifs is 1. The molecule has 2 aliphatic rings. The first-order valence-corrected chi connectivity index (χ1v) is 7.76. The molecule has 1 atom stereocenters. The van der Waals surface area contributed by atoms with E-state index in [1.165, 1.54) is 17.1 Å². The molecular formula is C16H16F3N5O2. The lowest BCUT2D eigenvalue weighted by Crippen LogP contribution is -2.61. The smallest absolute Gasteiger partial charge is 0.324 e. The van der Waals surface area contributed by atoms with Crippen LogP contribution >= 0.6 is 0 Å². The highest BCUT2D eigenvalue weighted by Crippen LogP contribution is 2.34. The van der Waals surface area contributed by atoms with Gasteiger partial charge in [-0.1, -0.05) is 12.1 Å². The van der Waals surface area contributed by atoms with Gasteiger partial charge in [0.25, 0.3) is 0 Å². The minimum absolute atomic E-state index is 0.140. The lowest BCUT2D eigenvalue weighted by molar-refractivity contribution is -0.137. The van der Waals surface area contributed by atoms with Gasteiger partial charge in [0, 0.05) is 0 Å². The van der Waals surface area contributed by atoms with Crippen LogP contribution in [-0.4, -0.2) is 28.8 Å². The van der Waals surface area contributed by atoms with Crippen molar-refractivity contribution < 1.29 is 22.8 Å². The van der Waals surface area contributed by atoms with Crippen molar-refractivity contribution >= 4 is 23.5 Å². The van der Waals surface area contributed by atoms with E-state index in [-0.39, 0.29) is 18.1 Å². The first-order valence-electron chi connectivity index (χ1n) is 7.76. The maximum Gasteiger partial charge on any atom is 0.418 e. The van der Waals surface area contributed by atoms with Crippen LogP contribution in [0.4, 0.5) is 18.9 Å². The summed E-state index contributed by atoms with van der Waals surface area (Å²) in [6.07, 6.45) is -4.83. The van der Waals surface area contributed by atoms with Crippen LogP contribution in [0.2, 0.25) is 0 Å². The number of nitrogens with zero attached hydrogens (tertiary/aromatic N) is 2. The summed E-state index contributed by atoms with van der Waals surface area (Å²) >= 11 is 0. The summed E-state index contributed by atoms with van der Waals surface area (Å²) in [6.45, 7) is 3.59.